The fourth-order valence-electron chi connectivity index (χ4n) is 2.33. The number of aromatic nitrogens is 3. The third-order valence-electron chi connectivity index (χ3n) is 3.48. The number of likely N-dealkylation sites (N-methyl/N-ethyl adjacent to an activating group) is 1. The number of hydrogen-bond acceptors (Lipinski definition) is 4. The minimum Gasteiger partial charge on any atom is -0.308 e. The van der Waals surface area contributed by atoms with Crippen molar-refractivity contribution in [1.82, 2.24) is 25.0 Å². The normalized spacial score (nSPS) is 12.9. The van der Waals surface area contributed by atoms with Gasteiger partial charge in [-0.2, -0.15) is 5.10 Å². The van der Waals surface area contributed by atoms with Crippen molar-refractivity contribution in [3.05, 3.63) is 46.0 Å². The highest BCUT2D eigenvalue weighted by atomic mass is 79.9. The zero-order valence-electron chi connectivity index (χ0n) is 13.0. The van der Waals surface area contributed by atoms with Crippen molar-refractivity contribution in [3.63, 3.8) is 0 Å². The van der Waals surface area contributed by atoms with Gasteiger partial charge in [-0.05, 0) is 55.6 Å². The first-order chi connectivity index (χ1) is 10.0. The van der Waals surface area contributed by atoms with Gasteiger partial charge in [-0.15, -0.1) is 0 Å². The maximum Gasteiger partial charge on any atom is 0.0933 e. The van der Waals surface area contributed by atoms with Crippen LogP contribution in [0.25, 0.3) is 0 Å². The molecule has 5 nitrogen and oxygen atoms in total. The number of nitrogens with zero attached hydrogens (tertiary/aromatic N) is 4. The molecule has 0 amide bonds. The van der Waals surface area contributed by atoms with Crippen molar-refractivity contribution in [2.24, 2.45) is 0 Å². The van der Waals surface area contributed by atoms with Crippen LogP contribution in [0.5, 0.6) is 0 Å². The highest BCUT2D eigenvalue weighted by molar-refractivity contribution is 9.10. The molecule has 0 radical (unpaired) electrons. The first-order valence-corrected chi connectivity index (χ1v) is 7.78. The molecular weight excluding hydrogens is 330 g/mol. The van der Waals surface area contributed by atoms with Gasteiger partial charge < -0.3 is 10.2 Å². The number of aryl methyl sites for hydroxylation is 1. The Labute approximate surface area is 134 Å². The molecule has 2 heterocycles. The van der Waals surface area contributed by atoms with Crippen molar-refractivity contribution in [2.75, 3.05) is 27.7 Å². The standard InChI is InChI=1S/C15H22BrN5/c1-11-6-5-7-18-13(11)14(17-2)15-12(16)10-19-21(15)9-8-20(3)4/h5-7,10,14,17H,8-9H2,1-4H3. The molecule has 2 rings (SSSR count). The first kappa shape index (κ1) is 16.1. The smallest absolute Gasteiger partial charge is 0.0933 e. The summed E-state index contributed by atoms with van der Waals surface area (Å²) in [5, 5.41) is 7.85. The van der Waals surface area contributed by atoms with Gasteiger partial charge in [0.05, 0.1) is 34.6 Å². The Bertz CT molecular complexity index is 593. The van der Waals surface area contributed by atoms with E-state index in [-0.39, 0.29) is 6.04 Å². The number of nitrogens with one attached hydrogen (secondary N) is 1. The Balaban J connectivity index is 2.38. The van der Waals surface area contributed by atoms with E-state index in [4.69, 9.17) is 0 Å². The molecule has 0 aliphatic rings. The van der Waals surface area contributed by atoms with Crippen LogP contribution in [0.15, 0.2) is 29.0 Å². The lowest BCUT2D eigenvalue weighted by Gasteiger charge is -2.20. The Morgan fingerprint density at radius 1 is 1.43 bits per heavy atom. The van der Waals surface area contributed by atoms with Crippen molar-refractivity contribution in [2.45, 2.75) is 19.5 Å². The SMILES string of the molecule is CNC(c1ncccc1C)c1c(Br)cnn1CCN(C)C. The maximum atomic E-state index is 4.55. The van der Waals surface area contributed by atoms with Crippen LogP contribution >= 0.6 is 15.9 Å². The second kappa shape index (κ2) is 7.15. The van der Waals surface area contributed by atoms with Gasteiger partial charge in [0.1, 0.15) is 0 Å². The summed E-state index contributed by atoms with van der Waals surface area (Å²) in [4.78, 5) is 6.70. The molecule has 0 saturated carbocycles. The van der Waals surface area contributed by atoms with Crippen molar-refractivity contribution >= 4 is 15.9 Å². The molecular formula is C15H22BrN5. The molecule has 1 N–H and O–H groups in total. The van der Waals surface area contributed by atoms with E-state index in [1.54, 1.807) is 0 Å². The van der Waals surface area contributed by atoms with E-state index in [2.05, 4.69) is 63.3 Å². The summed E-state index contributed by atoms with van der Waals surface area (Å²) >= 11 is 3.62. The summed E-state index contributed by atoms with van der Waals surface area (Å²) in [5.41, 5.74) is 3.32. The minimum atomic E-state index is 0.0187. The molecule has 2 aromatic heterocycles. The van der Waals surface area contributed by atoms with Gasteiger partial charge in [0.25, 0.3) is 0 Å². The predicted octanol–water partition coefficient (Wildman–Crippen LogP) is 2.22. The van der Waals surface area contributed by atoms with Gasteiger partial charge in [-0.1, -0.05) is 6.07 Å². The third kappa shape index (κ3) is 3.70. The Morgan fingerprint density at radius 3 is 2.81 bits per heavy atom. The molecule has 0 spiro atoms. The van der Waals surface area contributed by atoms with Gasteiger partial charge in [0.15, 0.2) is 0 Å². The van der Waals surface area contributed by atoms with Crippen molar-refractivity contribution in [1.29, 1.82) is 0 Å². The fraction of sp³-hybridized carbons (Fsp3) is 0.467. The number of pyridine rings is 1. The van der Waals surface area contributed by atoms with E-state index >= 15 is 0 Å². The molecule has 0 aliphatic heterocycles. The second-order valence-corrected chi connectivity index (χ2v) is 6.19. The van der Waals surface area contributed by atoms with Gasteiger partial charge in [0, 0.05) is 12.7 Å². The van der Waals surface area contributed by atoms with Crippen LogP contribution in [0.4, 0.5) is 0 Å². The van der Waals surface area contributed by atoms with Crippen LogP contribution in [-0.4, -0.2) is 47.4 Å². The van der Waals surface area contributed by atoms with Crippen LogP contribution in [0.2, 0.25) is 0 Å². The van der Waals surface area contributed by atoms with Crippen LogP contribution in [0.1, 0.15) is 23.0 Å². The van der Waals surface area contributed by atoms with Gasteiger partial charge in [0.2, 0.25) is 0 Å². The average Bonchev–Trinajstić information content (AvgIpc) is 2.81. The lowest BCUT2D eigenvalue weighted by Crippen LogP contribution is -2.26. The van der Waals surface area contributed by atoms with Crippen molar-refractivity contribution < 1.29 is 0 Å². The molecule has 6 heteroatoms. The maximum absolute atomic E-state index is 4.55. The van der Waals surface area contributed by atoms with Gasteiger partial charge >= 0.3 is 0 Å². The van der Waals surface area contributed by atoms with E-state index in [1.165, 1.54) is 5.56 Å². The molecule has 0 fully saturated rings. The molecule has 21 heavy (non-hydrogen) atoms. The highest BCUT2D eigenvalue weighted by Crippen LogP contribution is 2.28. The third-order valence-corrected chi connectivity index (χ3v) is 4.09. The number of hydrogen-bond donors (Lipinski definition) is 1. The summed E-state index contributed by atoms with van der Waals surface area (Å²) in [7, 11) is 6.09. The van der Waals surface area contributed by atoms with E-state index in [0.717, 1.165) is 29.0 Å². The van der Waals surface area contributed by atoms with E-state index in [0.29, 0.717) is 0 Å². The molecule has 0 aliphatic carbocycles. The Kier molecular flexibility index (Phi) is 5.50. The first-order valence-electron chi connectivity index (χ1n) is 6.99. The molecule has 1 atom stereocenters. The molecule has 0 bridgehead atoms. The molecule has 114 valence electrons. The zero-order chi connectivity index (χ0) is 15.4. The summed E-state index contributed by atoms with van der Waals surface area (Å²) in [5.74, 6) is 0. The van der Waals surface area contributed by atoms with Gasteiger partial charge in [-0.3, -0.25) is 9.67 Å². The van der Waals surface area contributed by atoms with E-state index in [9.17, 15) is 0 Å². The largest absolute Gasteiger partial charge is 0.308 e. The lowest BCUT2D eigenvalue weighted by molar-refractivity contribution is 0.366. The number of rotatable bonds is 6. The second-order valence-electron chi connectivity index (χ2n) is 5.33. The molecule has 0 saturated heterocycles. The van der Waals surface area contributed by atoms with E-state index < -0.39 is 0 Å². The van der Waals surface area contributed by atoms with E-state index in [1.807, 2.05) is 30.2 Å². The lowest BCUT2D eigenvalue weighted by atomic mass is 10.1. The fourth-order valence-corrected chi connectivity index (χ4v) is 2.86. The minimum absolute atomic E-state index is 0.0187. The monoisotopic (exact) mass is 351 g/mol. The summed E-state index contributed by atoms with van der Waals surface area (Å²) in [6.07, 6.45) is 3.69. The molecule has 0 aromatic carbocycles. The van der Waals surface area contributed by atoms with Crippen LogP contribution < -0.4 is 5.32 Å². The molecule has 2 aromatic rings. The quantitative estimate of drug-likeness (QED) is 0.866. The number of halogens is 1. The summed E-state index contributed by atoms with van der Waals surface area (Å²) < 4.78 is 3.05. The van der Waals surface area contributed by atoms with Crippen molar-refractivity contribution in [3.8, 4) is 0 Å². The van der Waals surface area contributed by atoms with Crippen LogP contribution in [-0.2, 0) is 6.54 Å². The predicted molar refractivity (Wildman–Crippen MR) is 88.4 cm³/mol. The highest BCUT2D eigenvalue weighted by Gasteiger charge is 2.22. The molecule has 1 unspecified atom stereocenters. The Hall–Kier alpha value is -1.24. The topological polar surface area (TPSA) is 46.0 Å². The zero-order valence-corrected chi connectivity index (χ0v) is 14.6. The van der Waals surface area contributed by atoms with Gasteiger partial charge in [-0.25, -0.2) is 0 Å². The van der Waals surface area contributed by atoms with Crippen LogP contribution in [0, 0.1) is 6.92 Å². The average molecular weight is 352 g/mol. The van der Waals surface area contributed by atoms with Crippen LogP contribution in [0.3, 0.4) is 0 Å². The summed E-state index contributed by atoms with van der Waals surface area (Å²) in [6.45, 7) is 3.87. The summed E-state index contributed by atoms with van der Waals surface area (Å²) in [6, 6.07) is 4.07. The Morgan fingerprint density at radius 2 is 2.19 bits per heavy atom.